The second-order valence-corrected chi connectivity index (χ2v) is 2.48. The summed E-state index contributed by atoms with van der Waals surface area (Å²) in [6.45, 7) is 0. The van der Waals surface area contributed by atoms with Crippen molar-refractivity contribution >= 4 is 0 Å². The molecule has 4 nitrogen and oxygen atoms in total. The van der Waals surface area contributed by atoms with Gasteiger partial charge in [0.1, 0.15) is 5.69 Å². The van der Waals surface area contributed by atoms with Crippen LogP contribution in [0.4, 0.5) is 0 Å². The zero-order valence-corrected chi connectivity index (χ0v) is 6.23. The first-order chi connectivity index (χ1) is 5.77. The van der Waals surface area contributed by atoms with Crippen LogP contribution in [-0.2, 0) is 0 Å². The molecule has 0 spiro atoms. The van der Waals surface area contributed by atoms with Crippen LogP contribution < -0.4 is 5.36 Å². The molecule has 0 bridgehead atoms. The molecule has 0 aromatic rings. The number of hydrogen-bond donors (Lipinski definition) is 2. The van der Waals surface area contributed by atoms with Gasteiger partial charge in [-0.25, -0.2) is 0 Å². The van der Waals surface area contributed by atoms with Gasteiger partial charge in [0.25, 0.3) is 0 Å². The summed E-state index contributed by atoms with van der Waals surface area (Å²) >= 11 is 0. The first-order valence-corrected chi connectivity index (χ1v) is 3.50. The van der Waals surface area contributed by atoms with Crippen molar-refractivity contribution in [1.29, 1.82) is 5.41 Å². The quantitative estimate of drug-likeness (QED) is 0.559. The van der Waals surface area contributed by atoms with Crippen LogP contribution in [0.3, 0.4) is 0 Å². The number of nitrogens with one attached hydrogen (secondary N) is 1. The van der Waals surface area contributed by atoms with Crippen molar-refractivity contribution in [3.05, 3.63) is 35.8 Å². The number of benzene rings is 1. The van der Waals surface area contributed by atoms with Crippen LogP contribution >= 0.6 is 0 Å². The summed E-state index contributed by atoms with van der Waals surface area (Å²) in [5.74, 6) is 0. The van der Waals surface area contributed by atoms with Gasteiger partial charge in [-0.15, -0.1) is 9.94 Å². The van der Waals surface area contributed by atoms with Gasteiger partial charge in [-0.3, -0.25) is 5.41 Å². The highest BCUT2D eigenvalue weighted by atomic mass is 16.5. The summed E-state index contributed by atoms with van der Waals surface area (Å²) in [5, 5.41) is 20.5. The second kappa shape index (κ2) is 2.34. The molecule has 0 aromatic heterocycles. The van der Waals surface area contributed by atoms with Crippen molar-refractivity contribution < 1.29 is 5.21 Å². The second-order valence-electron chi connectivity index (χ2n) is 2.48. The van der Waals surface area contributed by atoms with E-state index in [2.05, 4.69) is 5.10 Å². The molecule has 60 valence electrons. The number of fused-ring (bicyclic) bond motifs is 1. The van der Waals surface area contributed by atoms with Crippen LogP contribution in [0.1, 0.15) is 0 Å². The maximum atomic E-state index is 8.98. The van der Waals surface area contributed by atoms with E-state index in [0.717, 1.165) is 5.56 Å². The van der Waals surface area contributed by atoms with E-state index in [-0.39, 0.29) is 0 Å². The van der Waals surface area contributed by atoms with E-state index in [9.17, 15) is 0 Å². The van der Waals surface area contributed by atoms with Gasteiger partial charge in [0.05, 0.1) is 11.6 Å². The highest BCUT2D eigenvalue weighted by molar-refractivity contribution is 5.58. The van der Waals surface area contributed by atoms with Gasteiger partial charge in [-0.1, -0.05) is 12.1 Å². The van der Waals surface area contributed by atoms with E-state index in [1.54, 1.807) is 18.2 Å². The van der Waals surface area contributed by atoms with Gasteiger partial charge in [-0.05, 0) is 12.1 Å². The van der Waals surface area contributed by atoms with Gasteiger partial charge < -0.3 is 5.21 Å². The van der Waals surface area contributed by atoms with E-state index >= 15 is 0 Å². The van der Waals surface area contributed by atoms with Gasteiger partial charge in [0.2, 0.25) is 0 Å². The third-order valence-electron chi connectivity index (χ3n) is 1.66. The average Bonchev–Trinajstić information content (AvgIpc) is 2.07. The van der Waals surface area contributed by atoms with Gasteiger partial charge >= 0.3 is 0 Å². The Labute approximate surface area is 68.5 Å². The van der Waals surface area contributed by atoms with Crippen molar-refractivity contribution in [2.75, 3.05) is 0 Å². The lowest BCUT2D eigenvalue weighted by atomic mass is 10.1. The van der Waals surface area contributed by atoms with E-state index in [4.69, 9.17) is 10.6 Å². The average molecular weight is 161 g/mol. The molecule has 0 amide bonds. The molecule has 0 aromatic carbocycles. The van der Waals surface area contributed by atoms with E-state index in [1.165, 1.54) is 6.20 Å². The Morgan fingerprint density at radius 2 is 2.17 bits per heavy atom. The Morgan fingerprint density at radius 3 is 3.00 bits per heavy atom. The fourth-order valence-electron chi connectivity index (χ4n) is 1.09. The molecule has 0 fully saturated rings. The molecule has 1 heterocycles. The van der Waals surface area contributed by atoms with Gasteiger partial charge in [0, 0.05) is 5.56 Å². The monoisotopic (exact) mass is 161 g/mol. The molecule has 0 atom stereocenters. The third kappa shape index (κ3) is 0.934. The summed E-state index contributed by atoms with van der Waals surface area (Å²) < 4.78 is 0. The fourth-order valence-corrected chi connectivity index (χ4v) is 1.09. The Bertz CT molecular complexity index is 435. The van der Waals surface area contributed by atoms with Crippen LogP contribution in [-0.4, -0.2) is 15.2 Å². The van der Waals surface area contributed by atoms with Crippen LogP contribution in [0, 0.1) is 5.41 Å². The minimum atomic E-state index is 0.316. The van der Waals surface area contributed by atoms with E-state index in [0.29, 0.717) is 15.9 Å². The molecule has 2 N–H and O–H groups in total. The van der Waals surface area contributed by atoms with Gasteiger partial charge in [-0.2, -0.15) is 0 Å². The largest absolute Gasteiger partial charge is 0.412 e. The minimum absolute atomic E-state index is 0.316. The number of hydrogen-bond acceptors (Lipinski definition) is 3. The predicted molar refractivity (Wildman–Crippen MR) is 41.9 cm³/mol. The predicted octanol–water partition coefficient (Wildman–Crippen LogP) is 0.705. The molecular formula is C8H7N3O. The summed E-state index contributed by atoms with van der Waals surface area (Å²) in [6, 6.07) is 6.98. The summed E-state index contributed by atoms with van der Waals surface area (Å²) in [4.78, 5) is 0.709. The third-order valence-corrected chi connectivity index (χ3v) is 1.66. The summed E-state index contributed by atoms with van der Waals surface area (Å²) in [6.07, 6.45) is 1.43. The van der Waals surface area contributed by atoms with E-state index in [1.807, 2.05) is 6.07 Å². The fraction of sp³-hybridized carbons (Fsp3) is 0. The van der Waals surface area contributed by atoms with Crippen LogP contribution in [0.25, 0.3) is 11.3 Å². The van der Waals surface area contributed by atoms with Crippen molar-refractivity contribution in [1.82, 2.24) is 9.94 Å². The lowest BCUT2D eigenvalue weighted by Crippen LogP contribution is -2.10. The molecule has 2 rings (SSSR count). The molecule has 4 heteroatoms. The molecule has 0 radical (unpaired) electrons. The normalized spacial score (nSPS) is 10.3. The summed E-state index contributed by atoms with van der Waals surface area (Å²) in [5.41, 5.74) is 1.36. The maximum absolute atomic E-state index is 8.98. The Morgan fingerprint density at radius 1 is 1.33 bits per heavy atom. The van der Waals surface area contributed by atoms with Crippen molar-refractivity contribution in [2.24, 2.45) is 0 Å². The molecule has 12 heavy (non-hydrogen) atoms. The minimum Gasteiger partial charge on any atom is -0.412 e. The molecule has 0 unspecified atom stereocenters. The number of aromatic nitrogens is 2. The zero-order valence-electron chi connectivity index (χ0n) is 6.23. The Balaban J connectivity index is 2.88. The summed E-state index contributed by atoms with van der Waals surface area (Å²) in [7, 11) is 0. The molecule has 1 aliphatic carbocycles. The Hall–Kier alpha value is -1.84. The van der Waals surface area contributed by atoms with Crippen molar-refractivity contribution in [2.45, 2.75) is 0 Å². The van der Waals surface area contributed by atoms with E-state index < -0.39 is 0 Å². The Kier molecular flexibility index (Phi) is 1.33. The highest BCUT2D eigenvalue weighted by Gasteiger charge is 2.03. The van der Waals surface area contributed by atoms with Crippen LogP contribution in [0.15, 0.2) is 30.5 Å². The lowest BCUT2D eigenvalue weighted by Gasteiger charge is -2.03. The van der Waals surface area contributed by atoms with Crippen molar-refractivity contribution in [3.63, 3.8) is 0 Å². The smallest absolute Gasteiger partial charge is 0.119 e. The van der Waals surface area contributed by atoms with Crippen LogP contribution in [0.2, 0.25) is 0 Å². The van der Waals surface area contributed by atoms with Crippen molar-refractivity contribution in [3.8, 4) is 11.3 Å². The molecule has 0 saturated heterocycles. The zero-order chi connectivity index (χ0) is 8.55. The van der Waals surface area contributed by atoms with Crippen LogP contribution in [0.5, 0.6) is 0 Å². The SMILES string of the molecule is N=c1cccc2ccn(O)nc1-2. The molecule has 1 aliphatic heterocycles. The first kappa shape index (κ1) is 6.84. The van der Waals surface area contributed by atoms with Gasteiger partial charge in [0.15, 0.2) is 0 Å². The standard InChI is InChI=1S/C8H7N3O/c9-7-3-1-2-6-4-5-11(12)10-8(6)7/h1-5,9,12H. The maximum Gasteiger partial charge on any atom is 0.119 e. The molecular weight excluding hydrogens is 154 g/mol. The molecule has 2 aliphatic rings. The number of nitrogens with zero attached hydrogens (tertiary/aromatic N) is 2. The first-order valence-electron chi connectivity index (χ1n) is 3.50. The topological polar surface area (TPSA) is 61.9 Å². The highest BCUT2D eigenvalue weighted by Crippen LogP contribution is 2.11. The molecule has 0 saturated carbocycles. The number of rotatable bonds is 0. The lowest BCUT2D eigenvalue weighted by molar-refractivity contribution is 0.144.